The minimum atomic E-state index is -0.306. The summed E-state index contributed by atoms with van der Waals surface area (Å²) in [6.07, 6.45) is 1.67. The van der Waals surface area contributed by atoms with E-state index in [1.54, 1.807) is 36.5 Å². The number of ketones is 1. The van der Waals surface area contributed by atoms with E-state index in [9.17, 15) is 9.59 Å². The van der Waals surface area contributed by atoms with Gasteiger partial charge in [-0.1, -0.05) is 0 Å². The molecule has 0 saturated carbocycles. The summed E-state index contributed by atoms with van der Waals surface area (Å²) in [6, 6.07) is 1.53. The molecular weight excluding hydrogens is 310 g/mol. The molecule has 0 radical (unpaired) electrons. The van der Waals surface area contributed by atoms with Crippen LogP contribution < -0.4 is 5.32 Å². The highest BCUT2D eigenvalue weighted by atomic mass is 16.5. The number of nitrogens with zero attached hydrogens (tertiary/aromatic N) is 4. The molecule has 0 bridgehead atoms. The lowest BCUT2D eigenvalue weighted by Crippen LogP contribution is -2.35. The fourth-order valence-electron chi connectivity index (χ4n) is 2.83. The van der Waals surface area contributed by atoms with Crippen LogP contribution in [0.1, 0.15) is 40.4 Å². The van der Waals surface area contributed by atoms with Gasteiger partial charge in [-0.3, -0.25) is 19.0 Å². The van der Waals surface area contributed by atoms with Crippen molar-refractivity contribution in [3.63, 3.8) is 0 Å². The van der Waals surface area contributed by atoms with Crippen LogP contribution in [-0.2, 0) is 23.1 Å². The van der Waals surface area contributed by atoms with Gasteiger partial charge in [0.05, 0.1) is 29.6 Å². The zero-order valence-corrected chi connectivity index (χ0v) is 14.7. The Morgan fingerprint density at radius 3 is 2.58 bits per heavy atom. The minimum absolute atomic E-state index is 0.0397. The third-order valence-corrected chi connectivity index (χ3v) is 3.91. The maximum absolute atomic E-state index is 12.4. The molecule has 2 aromatic rings. The molecule has 0 aliphatic rings. The monoisotopic (exact) mass is 333 g/mol. The number of aryl methyl sites for hydroxylation is 2. The molecule has 0 spiro atoms. The summed E-state index contributed by atoms with van der Waals surface area (Å²) in [7, 11) is 3.39. The second-order valence-electron chi connectivity index (χ2n) is 5.71. The van der Waals surface area contributed by atoms with Gasteiger partial charge in [0, 0.05) is 26.0 Å². The van der Waals surface area contributed by atoms with E-state index >= 15 is 0 Å². The number of methoxy groups -OCH3 is 1. The number of ether oxygens (including phenoxy) is 1. The molecule has 2 heterocycles. The van der Waals surface area contributed by atoms with E-state index in [4.69, 9.17) is 4.74 Å². The van der Waals surface area contributed by atoms with Crippen LogP contribution in [0.3, 0.4) is 0 Å². The Morgan fingerprint density at radius 2 is 2.08 bits per heavy atom. The van der Waals surface area contributed by atoms with Gasteiger partial charge in [0.25, 0.3) is 0 Å². The number of carbonyl (C=O) groups is 2. The smallest absolute Gasteiger partial charge is 0.242 e. The van der Waals surface area contributed by atoms with Crippen molar-refractivity contribution in [3.05, 3.63) is 34.9 Å². The van der Waals surface area contributed by atoms with E-state index in [1.165, 1.54) is 6.92 Å². The highest BCUT2D eigenvalue weighted by Crippen LogP contribution is 2.15. The molecule has 1 N–H and O–H groups in total. The summed E-state index contributed by atoms with van der Waals surface area (Å²) in [5, 5.41) is 11.3. The van der Waals surface area contributed by atoms with Crippen molar-refractivity contribution < 1.29 is 14.3 Å². The third-order valence-electron chi connectivity index (χ3n) is 3.91. The van der Waals surface area contributed by atoms with E-state index < -0.39 is 0 Å². The van der Waals surface area contributed by atoms with Gasteiger partial charge in [-0.15, -0.1) is 0 Å². The Bertz CT molecular complexity index is 747. The summed E-state index contributed by atoms with van der Waals surface area (Å²) in [5.74, 6) is -0.261. The summed E-state index contributed by atoms with van der Waals surface area (Å²) >= 11 is 0. The molecule has 2 aromatic heterocycles. The molecule has 130 valence electrons. The van der Waals surface area contributed by atoms with E-state index in [0.717, 1.165) is 5.69 Å². The maximum Gasteiger partial charge on any atom is 0.242 e. The number of amides is 1. The molecule has 0 aliphatic heterocycles. The first-order chi connectivity index (χ1) is 11.3. The lowest BCUT2D eigenvalue weighted by Gasteiger charge is -2.18. The minimum Gasteiger partial charge on any atom is -0.382 e. The molecule has 1 amide bonds. The first-order valence-corrected chi connectivity index (χ1v) is 7.66. The van der Waals surface area contributed by atoms with Crippen molar-refractivity contribution in [2.45, 2.75) is 33.4 Å². The van der Waals surface area contributed by atoms with Crippen LogP contribution in [-0.4, -0.2) is 45.0 Å². The number of aromatic nitrogens is 4. The molecule has 2 rings (SSSR count). The third kappa shape index (κ3) is 3.70. The largest absolute Gasteiger partial charge is 0.382 e. The summed E-state index contributed by atoms with van der Waals surface area (Å²) in [6.45, 7) is 5.43. The van der Waals surface area contributed by atoms with Gasteiger partial charge in [0.15, 0.2) is 5.78 Å². The molecule has 8 nitrogen and oxygen atoms in total. The molecule has 0 aliphatic carbocycles. The Hall–Kier alpha value is -2.48. The zero-order chi connectivity index (χ0) is 17.9. The molecule has 0 saturated heterocycles. The van der Waals surface area contributed by atoms with Crippen LogP contribution in [0.2, 0.25) is 0 Å². The zero-order valence-electron chi connectivity index (χ0n) is 14.7. The van der Waals surface area contributed by atoms with Crippen molar-refractivity contribution in [1.82, 2.24) is 24.9 Å². The predicted octanol–water partition coefficient (Wildman–Crippen LogP) is 0.940. The van der Waals surface area contributed by atoms with Gasteiger partial charge >= 0.3 is 0 Å². The van der Waals surface area contributed by atoms with Crippen molar-refractivity contribution in [3.8, 4) is 0 Å². The lowest BCUT2D eigenvalue weighted by molar-refractivity contribution is -0.123. The second-order valence-corrected chi connectivity index (χ2v) is 5.71. The molecule has 0 unspecified atom stereocenters. The summed E-state index contributed by atoms with van der Waals surface area (Å²) < 4.78 is 8.44. The highest BCUT2D eigenvalue weighted by Gasteiger charge is 2.20. The Morgan fingerprint density at radius 1 is 1.38 bits per heavy atom. The van der Waals surface area contributed by atoms with Crippen LogP contribution in [0, 0.1) is 13.8 Å². The van der Waals surface area contributed by atoms with Gasteiger partial charge in [0.2, 0.25) is 5.91 Å². The molecule has 24 heavy (non-hydrogen) atoms. The van der Waals surface area contributed by atoms with E-state index in [1.807, 2.05) is 13.1 Å². The second kappa shape index (κ2) is 7.39. The number of hydrogen-bond acceptors (Lipinski definition) is 5. The molecule has 1 atom stereocenters. The first kappa shape index (κ1) is 17.9. The standard InChI is InChI=1S/C16H23N5O3/c1-10-16(12(3)22)11(2)21(19-10)8-15(23)18-13(9-24-5)14-6-7-17-20(14)4/h6-7,13H,8-9H2,1-5H3,(H,18,23)/t13-/m0/s1. The Labute approximate surface area is 140 Å². The Kier molecular flexibility index (Phi) is 5.50. The van der Waals surface area contributed by atoms with Gasteiger partial charge in [-0.2, -0.15) is 10.2 Å². The number of nitrogens with one attached hydrogen (secondary N) is 1. The van der Waals surface area contributed by atoms with Crippen molar-refractivity contribution >= 4 is 11.7 Å². The fourth-order valence-corrected chi connectivity index (χ4v) is 2.83. The number of Topliss-reactive ketones (excluding diaryl/α,β-unsaturated/α-hetero) is 1. The SMILES string of the molecule is COC[C@H](NC(=O)Cn1nc(C)c(C(C)=O)c1C)c1ccnn1C. The molecule has 8 heteroatoms. The average Bonchev–Trinajstić information content (AvgIpc) is 3.02. The lowest BCUT2D eigenvalue weighted by atomic mass is 10.1. The van der Waals surface area contributed by atoms with E-state index in [0.29, 0.717) is 23.6 Å². The van der Waals surface area contributed by atoms with Crippen molar-refractivity contribution in [2.24, 2.45) is 7.05 Å². The summed E-state index contributed by atoms with van der Waals surface area (Å²) in [5.41, 5.74) is 2.75. The van der Waals surface area contributed by atoms with Crippen molar-refractivity contribution in [1.29, 1.82) is 0 Å². The Balaban J connectivity index is 2.13. The maximum atomic E-state index is 12.4. The number of carbonyl (C=O) groups excluding carboxylic acids is 2. The summed E-state index contributed by atoms with van der Waals surface area (Å²) in [4.78, 5) is 24.1. The number of rotatable bonds is 7. The van der Waals surface area contributed by atoms with Gasteiger partial charge in [-0.05, 0) is 26.8 Å². The van der Waals surface area contributed by atoms with Crippen LogP contribution in [0.25, 0.3) is 0 Å². The molecule has 0 fully saturated rings. The van der Waals surface area contributed by atoms with Gasteiger partial charge in [-0.25, -0.2) is 0 Å². The van der Waals surface area contributed by atoms with Crippen LogP contribution in [0.4, 0.5) is 0 Å². The van der Waals surface area contributed by atoms with Crippen molar-refractivity contribution in [2.75, 3.05) is 13.7 Å². The van der Waals surface area contributed by atoms with E-state index in [-0.39, 0.29) is 24.3 Å². The number of hydrogen-bond donors (Lipinski definition) is 1. The van der Waals surface area contributed by atoms with Crippen LogP contribution in [0.5, 0.6) is 0 Å². The molecular formula is C16H23N5O3. The quantitative estimate of drug-likeness (QED) is 0.762. The highest BCUT2D eigenvalue weighted by molar-refractivity contribution is 5.96. The molecule has 0 aromatic carbocycles. The van der Waals surface area contributed by atoms with E-state index in [2.05, 4.69) is 15.5 Å². The fraction of sp³-hybridized carbons (Fsp3) is 0.500. The van der Waals surface area contributed by atoms with Gasteiger partial charge in [0.1, 0.15) is 6.54 Å². The normalized spacial score (nSPS) is 12.2. The van der Waals surface area contributed by atoms with Crippen LogP contribution >= 0.6 is 0 Å². The topological polar surface area (TPSA) is 91.0 Å². The van der Waals surface area contributed by atoms with Crippen LogP contribution in [0.15, 0.2) is 12.3 Å². The predicted molar refractivity (Wildman–Crippen MR) is 87.7 cm³/mol. The first-order valence-electron chi connectivity index (χ1n) is 7.66. The average molecular weight is 333 g/mol. The van der Waals surface area contributed by atoms with Gasteiger partial charge < -0.3 is 10.1 Å².